The summed E-state index contributed by atoms with van der Waals surface area (Å²) in [4.78, 5) is 13.4. The Kier molecular flexibility index (Phi) is 6.02. The Morgan fingerprint density at radius 2 is 1.81 bits per heavy atom. The van der Waals surface area contributed by atoms with Gasteiger partial charge in [0, 0.05) is 5.92 Å². The molecule has 0 unspecified atom stereocenters. The monoisotopic (exact) mass is 432 g/mol. The van der Waals surface area contributed by atoms with Crippen LogP contribution in [0.4, 0.5) is 0 Å². The summed E-state index contributed by atoms with van der Waals surface area (Å²) in [6.07, 6.45) is 9.18. The molecule has 0 saturated heterocycles. The zero-order valence-electron chi connectivity index (χ0n) is 20.2. The molecule has 0 spiro atoms. The first-order chi connectivity index (χ1) is 14.4. The Labute approximate surface area is 188 Å². The van der Waals surface area contributed by atoms with Crippen LogP contribution in [0.1, 0.15) is 92.4 Å². The maximum atomic E-state index is 13.4. The van der Waals surface area contributed by atoms with Gasteiger partial charge in [-0.1, -0.05) is 33.6 Å². The lowest BCUT2D eigenvalue weighted by molar-refractivity contribution is -0.137. The van der Waals surface area contributed by atoms with E-state index in [-0.39, 0.29) is 22.5 Å². The molecule has 0 aliphatic heterocycles. The van der Waals surface area contributed by atoms with Crippen LogP contribution in [0.15, 0.2) is 11.6 Å². The first-order valence-electron chi connectivity index (χ1n) is 12.7. The Bertz CT molecular complexity index is 736. The molecule has 4 rings (SSSR count). The van der Waals surface area contributed by atoms with E-state index in [4.69, 9.17) is 0 Å². The lowest BCUT2D eigenvalue weighted by Gasteiger charge is -2.58. The van der Waals surface area contributed by atoms with Gasteiger partial charge in [-0.15, -0.1) is 0 Å². The van der Waals surface area contributed by atoms with E-state index in [1.54, 1.807) is 6.08 Å². The number of aliphatic hydroxyl groups is 3. The van der Waals surface area contributed by atoms with Gasteiger partial charge in [0.15, 0.2) is 5.78 Å². The van der Waals surface area contributed by atoms with E-state index >= 15 is 0 Å². The molecule has 0 heterocycles. The summed E-state index contributed by atoms with van der Waals surface area (Å²) in [5.74, 6) is 2.26. The first-order valence-corrected chi connectivity index (χ1v) is 12.7. The van der Waals surface area contributed by atoms with Crippen molar-refractivity contribution in [3.63, 3.8) is 0 Å². The minimum atomic E-state index is -0.885. The third-order valence-electron chi connectivity index (χ3n) is 10.2. The van der Waals surface area contributed by atoms with Crippen molar-refractivity contribution in [2.75, 3.05) is 0 Å². The topological polar surface area (TPSA) is 77.8 Å². The van der Waals surface area contributed by atoms with Gasteiger partial charge in [0.05, 0.1) is 11.7 Å². The molecule has 0 aromatic heterocycles. The summed E-state index contributed by atoms with van der Waals surface area (Å²) in [5.41, 5.74) is 0.260. The molecule has 3 fully saturated rings. The van der Waals surface area contributed by atoms with Gasteiger partial charge in [0.1, 0.15) is 6.10 Å². The third-order valence-corrected chi connectivity index (χ3v) is 10.2. The highest BCUT2D eigenvalue weighted by atomic mass is 16.3. The predicted molar refractivity (Wildman–Crippen MR) is 122 cm³/mol. The lowest BCUT2D eigenvalue weighted by atomic mass is 9.46. The average Bonchev–Trinajstić information content (AvgIpc) is 3.03. The molecule has 9 atom stereocenters. The molecule has 0 amide bonds. The molecule has 4 aliphatic carbocycles. The van der Waals surface area contributed by atoms with Gasteiger partial charge in [-0.05, 0) is 105 Å². The largest absolute Gasteiger partial charge is 0.390 e. The van der Waals surface area contributed by atoms with Gasteiger partial charge >= 0.3 is 0 Å². The summed E-state index contributed by atoms with van der Waals surface area (Å²) < 4.78 is 0. The summed E-state index contributed by atoms with van der Waals surface area (Å²) >= 11 is 0. The van der Waals surface area contributed by atoms with Crippen LogP contribution in [-0.4, -0.2) is 38.9 Å². The van der Waals surface area contributed by atoms with Crippen LogP contribution in [0.3, 0.4) is 0 Å². The number of rotatable bonds is 5. The highest BCUT2D eigenvalue weighted by molar-refractivity contribution is 5.94. The number of aliphatic hydroxyl groups excluding tert-OH is 2. The molecule has 0 bridgehead atoms. The number of fused-ring (bicyclic) bond motifs is 5. The number of hydrogen-bond donors (Lipinski definition) is 3. The molecule has 4 nitrogen and oxygen atoms in total. The second-order valence-corrected chi connectivity index (χ2v) is 12.6. The van der Waals surface area contributed by atoms with E-state index in [1.165, 1.54) is 6.42 Å². The van der Waals surface area contributed by atoms with Crippen molar-refractivity contribution in [3.8, 4) is 0 Å². The molecule has 4 heteroatoms. The quantitative estimate of drug-likeness (QED) is 0.591. The fourth-order valence-corrected chi connectivity index (χ4v) is 8.48. The molecule has 4 aliphatic rings. The zero-order chi connectivity index (χ0) is 22.8. The molecular weight excluding hydrogens is 388 g/mol. The zero-order valence-corrected chi connectivity index (χ0v) is 20.2. The van der Waals surface area contributed by atoms with E-state index in [9.17, 15) is 20.1 Å². The Hall–Kier alpha value is -0.710. The van der Waals surface area contributed by atoms with Crippen molar-refractivity contribution in [2.45, 2.75) is 110 Å². The molecule has 31 heavy (non-hydrogen) atoms. The second-order valence-electron chi connectivity index (χ2n) is 12.6. The van der Waals surface area contributed by atoms with Gasteiger partial charge in [0.2, 0.25) is 0 Å². The van der Waals surface area contributed by atoms with Gasteiger partial charge in [-0.25, -0.2) is 0 Å². The van der Waals surface area contributed by atoms with Crippen LogP contribution in [0, 0.1) is 40.4 Å². The van der Waals surface area contributed by atoms with Crippen molar-refractivity contribution < 1.29 is 20.1 Å². The number of hydrogen-bond acceptors (Lipinski definition) is 4. The van der Waals surface area contributed by atoms with Crippen molar-refractivity contribution in [3.05, 3.63) is 11.6 Å². The molecule has 3 N–H and O–H groups in total. The van der Waals surface area contributed by atoms with Crippen molar-refractivity contribution in [2.24, 2.45) is 40.4 Å². The molecule has 0 aromatic rings. The van der Waals surface area contributed by atoms with Gasteiger partial charge in [-0.3, -0.25) is 4.79 Å². The Balaban J connectivity index is 1.55. The summed E-state index contributed by atoms with van der Waals surface area (Å²) in [5, 5.41) is 30.9. The highest BCUT2D eigenvalue weighted by Gasteiger charge is 2.62. The fourth-order valence-electron chi connectivity index (χ4n) is 8.48. The van der Waals surface area contributed by atoms with Gasteiger partial charge in [-0.2, -0.15) is 0 Å². The first kappa shape index (κ1) is 23.4. The average molecular weight is 433 g/mol. The number of ketones is 1. The smallest absolute Gasteiger partial charge is 0.159 e. The summed E-state index contributed by atoms with van der Waals surface area (Å²) in [7, 11) is 0. The minimum Gasteiger partial charge on any atom is -0.390 e. The lowest BCUT2D eigenvalue weighted by Crippen LogP contribution is -2.56. The van der Waals surface area contributed by atoms with Gasteiger partial charge in [0.25, 0.3) is 0 Å². The van der Waals surface area contributed by atoms with Gasteiger partial charge < -0.3 is 15.3 Å². The maximum absolute atomic E-state index is 13.4. The number of carbonyl (C=O) groups is 1. The van der Waals surface area contributed by atoms with Crippen molar-refractivity contribution in [1.29, 1.82) is 0 Å². The van der Waals surface area contributed by atoms with E-state index in [0.29, 0.717) is 30.1 Å². The molecule has 3 saturated carbocycles. The molecule has 176 valence electrons. The normalized spacial score (nSPS) is 46.1. The number of allylic oxidation sites excluding steroid dienone is 1. The van der Waals surface area contributed by atoms with Crippen LogP contribution >= 0.6 is 0 Å². The van der Waals surface area contributed by atoms with E-state index in [1.807, 2.05) is 13.8 Å². The molecule has 0 aromatic carbocycles. The van der Waals surface area contributed by atoms with E-state index < -0.39 is 17.8 Å². The SMILES string of the molecule is C[C@H](CCCC(C)(C)O)[C@H]1CC[C@H]2[C@@H]3C(=O)C=C4[C@@H](O)[C@@H](O)CC[C@]4(C)[C@H]3CC[C@]12C. The molecule has 0 radical (unpaired) electrons. The van der Waals surface area contributed by atoms with Crippen LogP contribution in [0.2, 0.25) is 0 Å². The predicted octanol–water partition coefficient (Wildman–Crippen LogP) is 4.65. The number of carbonyl (C=O) groups excluding carboxylic acids is 1. The van der Waals surface area contributed by atoms with Crippen LogP contribution in [0.5, 0.6) is 0 Å². The van der Waals surface area contributed by atoms with Crippen LogP contribution < -0.4 is 0 Å². The van der Waals surface area contributed by atoms with Crippen molar-refractivity contribution in [1.82, 2.24) is 0 Å². The Morgan fingerprint density at radius 3 is 2.48 bits per heavy atom. The maximum Gasteiger partial charge on any atom is 0.159 e. The Morgan fingerprint density at radius 1 is 1.10 bits per heavy atom. The van der Waals surface area contributed by atoms with Crippen LogP contribution in [0.25, 0.3) is 0 Å². The second kappa shape index (κ2) is 7.95. The highest BCUT2D eigenvalue weighted by Crippen LogP contribution is 2.66. The summed E-state index contributed by atoms with van der Waals surface area (Å²) in [6, 6.07) is 0. The minimum absolute atomic E-state index is 0.0727. The third kappa shape index (κ3) is 3.85. The van der Waals surface area contributed by atoms with Crippen molar-refractivity contribution >= 4 is 5.78 Å². The molecular formula is C27H44O4. The summed E-state index contributed by atoms with van der Waals surface area (Å²) in [6.45, 7) is 10.9. The van der Waals surface area contributed by atoms with Crippen LogP contribution in [-0.2, 0) is 4.79 Å². The standard InChI is InChI=1S/C27H44O4/c1-16(7-6-12-25(2,3)31)17-8-9-18-23-19(10-13-26(17,18)4)27(5)14-11-21(28)24(30)20(27)15-22(23)29/h15-19,21,23-24,28,30-31H,6-14H2,1-5H3/t16-,17-,18+,19+,21+,23+,24-,26-,27-/m1/s1. The van der Waals surface area contributed by atoms with E-state index in [2.05, 4.69) is 20.8 Å². The fraction of sp³-hybridized carbons (Fsp3) is 0.889. The van der Waals surface area contributed by atoms with E-state index in [0.717, 1.165) is 50.5 Å².